The monoisotopic (exact) mass is 622 g/mol. The second-order valence-corrected chi connectivity index (χ2v) is 10.8. The number of rotatable bonds is 8. The van der Waals surface area contributed by atoms with E-state index in [9.17, 15) is 4.79 Å². The van der Waals surface area contributed by atoms with Crippen LogP contribution in [-0.4, -0.2) is 32.7 Å². The highest BCUT2D eigenvalue weighted by Crippen LogP contribution is 2.43. The summed E-state index contributed by atoms with van der Waals surface area (Å²) in [6.45, 7) is 8.47. The molecule has 4 aromatic rings. The van der Waals surface area contributed by atoms with Crippen molar-refractivity contribution in [3.63, 3.8) is 0 Å². The lowest BCUT2D eigenvalue weighted by molar-refractivity contribution is -0.113. The third-order valence-corrected chi connectivity index (χ3v) is 7.37. The number of carbonyl (C=O) groups is 1. The highest BCUT2D eigenvalue weighted by Gasteiger charge is 2.35. The van der Waals surface area contributed by atoms with E-state index in [2.05, 4.69) is 42.1 Å². The summed E-state index contributed by atoms with van der Waals surface area (Å²) in [7, 11) is 0. The van der Waals surface area contributed by atoms with Gasteiger partial charge in [0.05, 0.1) is 16.7 Å². The second-order valence-electron chi connectivity index (χ2n) is 9.46. The Morgan fingerprint density at radius 2 is 1.88 bits per heavy atom. The van der Waals surface area contributed by atoms with E-state index in [0.29, 0.717) is 51.4 Å². The quantitative estimate of drug-likeness (QED) is 0.228. The molecule has 0 spiro atoms. The SMILES string of the molecule is CCOc1cc(C2C(C(=O)Nc3ccc(C)cc3C)=C(C)Nc3nnnn32)cc(Br)c1OCc1ccc(Cl)cc1. The number of anilines is 2. The molecule has 1 aliphatic rings. The van der Waals surface area contributed by atoms with Crippen molar-refractivity contribution in [2.45, 2.75) is 40.3 Å². The van der Waals surface area contributed by atoms with Crippen molar-refractivity contribution < 1.29 is 14.3 Å². The minimum Gasteiger partial charge on any atom is -0.490 e. The molecule has 1 aliphatic heterocycles. The normalized spacial score (nSPS) is 14.4. The fourth-order valence-electron chi connectivity index (χ4n) is 4.64. The van der Waals surface area contributed by atoms with Gasteiger partial charge in [0.25, 0.3) is 5.91 Å². The van der Waals surface area contributed by atoms with Crippen molar-refractivity contribution in [3.05, 3.63) is 97.6 Å². The van der Waals surface area contributed by atoms with E-state index in [1.165, 1.54) is 0 Å². The zero-order valence-electron chi connectivity index (χ0n) is 22.5. The molecule has 1 atom stereocenters. The Balaban J connectivity index is 1.53. The minimum absolute atomic E-state index is 0.264. The summed E-state index contributed by atoms with van der Waals surface area (Å²) in [5, 5.41) is 19.0. The van der Waals surface area contributed by atoms with Gasteiger partial charge in [-0.3, -0.25) is 4.79 Å². The van der Waals surface area contributed by atoms with Gasteiger partial charge in [-0.05, 0) is 101 Å². The molecule has 5 rings (SSSR count). The zero-order valence-corrected chi connectivity index (χ0v) is 24.8. The summed E-state index contributed by atoms with van der Waals surface area (Å²) in [6, 6.07) is 16.5. The van der Waals surface area contributed by atoms with Gasteiger partial charge < -0.3 is 20.1 Å². The number of carbonyl (C=O) groups excluding carboxylic acids is 1. The number of nitrogens with one attached hydrogen (secondary N) is 2. The Morgan fingerprint density at radius 1 is 1.10 bits per heavy atom. The largest absolute Gasteiger partial charge is 0.490 e. The maximum atomic E-state index is 13.8. The number of benzene rings is 3. The third-order valence-electron chi connectivity index (χ3n) is 6.53. The number of aromatic nitrogens is 4. The van der Waals surface area contributed by atoms with E-state index in [1.54, 1.807) is 4.68 Å². The fourth-order valence-corrected chi connectivity index (χ4v) is 5.34. The van der Waals surface area contributed by atoms with E-state index in [4.69, 9.17) is 21.1 Å². The molecule has 40 heavy (non-hydrogen) atoms. The summed E-state index contributed by atoms with van der Waals surface area (Å²) >= 11 is 9.70. The predicted molar refractivity (Wildman–Crippen MR) is 158 cm³/mol. The van der Waals surface area contributed by atoms with Crippen LogP contribution in [0.3, 0.4) is 0 Å². The van der Waals surface area contributed by atoms with Gasteiger partial charge in [0.1, 0.15) is 12.6 Å². The lowest BCUT2D eigenvalue weighted by Crippen LogP contribution is -2.31. The van der Waals surface area contributed by atoms with Gasteiger partial charge >= 0.3 is 0 Å². The summed E-state index contributed by atoms with van der Waals surface area (Å²) in [4.78, 5) is 13.8. The first-order chi connectivity index (χ1) is 19.2. The number of hydrogen-bond acceptors (Lipinski definition) is 7. The van der Waals surface area contributed by atoms with Crippen molar-refractivity contribution in [1.82, 2.24) is 20.2 Å². The molecular formula is C29H28BrClN6O3. The summed E-state index contributed by atoms with van der Waals surface area (Å²) in [5.74, 6) is 1.25. The van der Waals surface area contributed by atoms with Gasteiger partial charge in [-0.15, -0.1) is 0 Å². The van der Waals surface area contributed by atoms with Crippen LogP contribution in [0.25, 0.3) is 0 Å². The lowest BCUT2D eigenvalue weighted by Gasteiger charge is -2.29. The molecule has 2 heterocycles. The molecule has 1 aromatic heterocycles. The van der Waals surface area contributed by atoms with Gasteiger partial charge in [-0.2, -0.15) is 4.68 Å². The van der Waals surface area contributed by atoms with Crippen molar-refractivity contribution in [2.75, 3.05) is 17.2 Å². The Morgan fingerprint density at radius 3 is 2.60 bits per heavy atom. The van der Waals surface area contributed by atoms with Gasteiger partial charge in [-0.1, -0.05) is 46.5 Å². The number of fused-ring (bicyclic) bond motifs is 1. The number of ether oxygens (including phenoxy) is 2. The van der Waals surface area contributed by atoms with Crippen molar-refractivity contribution in [1.29, 1.82) is 0 Å². The van der Waals surface area contributed by atoms with Gasteiger partial charge in [0.15, 0.2) is 11.5 Å². The van der Waals surface area contributed by atoms with E-state index < -0.39 is 6.04 Å². The molecular weight excluding hydrogens is 596 g/mol. The Labute approximate surface area is 245 Å². The van der Waals surface area contributed by atoms with Crippen molar-refractivity contribution >= 4 is 45.1 Å². The first kappa shape index (κ1) is 27.7. The van der Waals surface area contributed by atoms with Crippen LogP contribution < -0.4 is 20.1 Å². The van der Waals surface area contributed by atoms with Crippen LogP contribution in [0, 0.1) is 13.8 Å². The van der Waals surface area contributed by atoms with E-state index >= 15 is 0 Å². The summed E-state index contributed by atoms with van der Waals surface area (Å²) in [5.41, 5.74) is 5.65. The molecule has 206 valence electrons. The van der Waals surface area contributed by atoms with Crippen molar-refractivity contribution in [2.24, 2.45) is 0 Å². The third kappa shape index (κ3) is 5.68. The standard InChI is InChI=1S/C29H28BrClN6O3/c1-5-39-24-14-20(13-22(30)27(24)40-15-19-7-9-21(31)10-8-19)26-25(18(4)32-29-34-35-36-37(26)29)28(38)33-23-11-6-16(2)12-17(23)3/h6-14,26H,5,15H2,1-4H3,(H,33,38)(H,32,34,36). The Bertz CT molecular complexity index is 1600. The van der Waals surface area contributed by atoms with Crippen LogP contribution in [0.4, 0.5) is 11.6 Å². The van der Waals surface area contributed by atoms with Crippen LogP contribution in [0.15, 0.2) is 70.3 Å². The van der Waals surface area contributed by atoms with Gasteiger partial charge in [0, 0.05) is 16.4 Å². The van der Waals surface area contributed by atoms with E-state index in [-0.39, 0.29) is 5.91 Å². The zero-order chi connectivity index (χ0) is 28.4. The average molecular weight is 624 g/mol. The molecule has 2 N–H and O–H groups in total. The maximum Gasteiger partial charge on any atom is 0.255 e. The number of allylic oxidation sites excluding steroid dienone is 1. The number of halogens is 2. The topological polar surface area (TPSA) is 103 Å². The second kappa shape index (κ2) is 11.7. The number of hydrogen-bond donors (Lipinski definition) is 2. The molecule has 3 aromatic carbocycles. The first-order valence-corrected chi connectivity index (χ1v) is 13.9. The number of nitrogens with zero attached hydrogens (tertiary/aromatic N) is 4. The molecule has 0 saturated heterocycles. The van der Waals surface area contributed by atoms with E-state index in [1.807, 2.05) is 82.3 Å². The summed E-state index contributed by atoms with van der Waals surface area (Å²) < 4.78 is 14.4. The molecule has 1 unspecified atom stereocenters. The molecule has 0 bridgehead atoms. The van der Waals surface area contributed by atoms with Gasteiger partial charge in [0.2, 0.25) is 5.95 Å². The fraction of sp³-hybridized carbons (Fsp3) is 0.241. The van der Waals surface area contributed by atoms with Crippen molar-refractivity contribution in [3.8, 4) is 11.5 Å². The molecule has 1 amide bonds. The van der Waals surface area contributed by atoms with Gasteiger partial charge in [-0.25, -0.2) is 0 Å². The van der Waals surface area contributed by atoms with Crippen LogP contribution >= 0.6 is 27.5 Å². The highest BCUT2D eigenvalue weighted by atomic mass is 79.9. The number of aryl methyl sites for hydroxylation is 2. The first-order valence-electron chi connectivity index (χ1n) is 12.7. The minimum atomic E-state index is -0.627. The maximum absolute atomic E-state index is 13.8. The number of amides is 1. The molecule has 0 radical (unpaired) electrons. The van der Waals surface area contributed by atoms with Crippen LogP contribution in [0.2, 0.25) is 5.02 Å². The molecule has 0 aliphatic carbocycles. The molecule has 11 heteroatoms. The molecule has 0 saturated carbocycles. The van der Waals surface area contributed by atoms with E-state index in [0.717, 1.165) is 27.9 Å². The molecule has 9 nitrogen and oxygen atoms in total. The number of tetrazole rings is 1. The van der Waals surface area contributed by atoms with Crippen LogP contribution in [0.1, 0.15) is 42.1 Å². The van der Waals surface area contributed by atoms with Crippen LogP contribution in [0.5, 0.6) is 11.5 Å². The molecule has 0 fully saturated rings. The average Bonchev–Trinajstić information content (AvgIpc) is 3.38. The highest BCUT2D eigenvalue weighted by molar-refractivity contribution is 9.10. The Kier molecular flexibility index (Phi) is 8.09. The smallest absolute Gasteiger partial charge is 0.255 e. The predicted octanol–water partition coefficient (Wildman–Crippen LogP) is 6.61. The lowest BCUT2D eigenvalue weighted by atomic mass is 9.94. The Hall–Kier alpha value is -3.89. The van der Waals surface area contributed by atoms with Crippen LogP contribution in [-0.2, 0) is 11.4 Å². The summed E-state index contributed by atoms with van der Waals surface area (Å²) in [6.07, 6.45) is 0.